The molecule has 2 rings (SSSR count). The van der Waals surface area contributed by atoms with Crippen LogP contribution in [0.1, 0.15) is 0 Å². The highest BCUT2D eigenvalue weighted by molar-refractivity contribution is 9.11. The van der Waals surface area contributed by atoms with Crippen molar-refractivity contribution >= 4 is 33.4 Å². The second-order valence-electron chi connectivity index (χ2n) is 3.17. The van der Waals surface area contributed by atoms with Crippen LogP contribution in [-0.2, 0) is 4.79 Å². The molecule has 16 heavy (non-hydrogen) atoms. The standard InChI is InChI=1S/C9H4BrF3N2O/c10-4-1-2-6-5(3-4)7(16)15-8(14-6)9(11,12)13/h1-3,5H. The summed E-state index contributed by atoms with van der Waals surface area (Å²) < 4.78 is 37.6. The largest absolute Gasteiger partial charge is 0.451 e. The molecule has 1 aliphatic heterocycles. The zero-order chi connectivity index (χ0) is 11.9. The third kappa shape index (κ3) is 1.99. The van der Waals surface area contributed by atoms with E-state index in [2.05, 4.69) is 25.9 Å². The van der Waals surface area contributed by atoms with Crippen molar-refractivity contribution in [3.63, 3.8) is 0 Å². The minimum atomic E-state index is -4.69. The maximum Gasteiger partial charge on any atom is 0.451 e. The molecule has 0 bridgehead atoms. The Labute approximate surface area is 96.6 Å². The average molecular weight is 293 g/mol. The highest BCUT2D eigenvalue weighted by Gasteiger charge is 2.41. The third-order valence-corrected chi connectivity index (χ3v) is 2.56. The first-order valence-corrected chi connectivity index (χ1v) is 5.01. The lowest BCUT2D eigenvalue weighted by atomic mass is 9.96. The zero-order valence-electron chi connectivity index (χ0n) is 7.62. The van der Waals surface area contributed by atoms with Crippen molar-refractivity contribution in [3.05, 3.63) is 22.7 Å². The smallest absolute Gasteiger partial charge is 0.271 e. The van der Waals surface area contributed by atoms with Crippen LogP contribution in [0, 0.1) is 5.92 Å². The number of carbonyl (C=O) groups is 1. The molecule has 0 saturated heterocycles. The van der Waals surface area contributed by atoms with E-state index >= 15 is 0 Å². The highest BCUT2D eigenvalue weighted by atomic mass is 79.9. The van der Waals surface area contributed by atoms with Crippen molar-refractivity contribution in [2.75, 3.05) is 0 Å². The van der Waals surface area contributed by atoms with Crippen LogP contribution in [0.2, 0.25) is 0 Å². The first-order chi connectivity index (χ1) is 7.38. The first-order valence-electron chi connectivity index (χ1n) is 4.21. The van der Waals surface area contributed by atoms with Gasteiger partial charge in [-0.2, -0.15) is 18.2 Å². The van der Waals surface area contributed by atoms with Crippen LogP contribution in [0.5, 0.6) is 0 Å². The number of amides is 1. The normalized spacial score (nSPS) is 24.6. The molecule has 1 atom stereocenters. The van der Waals surface area contributed by atoms with Gasteiger partial charge in [-0.05, 0) is 12.2 Å². The topological polar surface area (TPSA) is 41.8 Å². The molecule has 3 nitrogen and oxygen atoms in total. The van der Waals surface area contributed by atoms with Crippen LogP contribution in [0.4, 0.5) is 13.2 Å². The van der Waals surface area contributed by atoms with E-state index in [-0.39, 0.29) is 5.71 Å². The number of nitrogens with zero attached hydrogens (tertiary/aromatic N) is 2. The Bertz CT molecular complexity index is 474. The second kappa shape index (κ2) is 3.65. The van der Waals surface area contributed by atoms with E-state index in [1.165, 1.54) is 18.2 Å². The molecule has 1 aliphatic carbocycles. The SMILES string of the molecule is O=C1N=C(C(F)(F)F)N=C2C=CC(Br)=CC12. The van der Waals surface area contributed by atoms with Gasteiger partial charge in [0.25, 0.3) is 5.91 Å². The maximum atomic E-state index is 12.3. The lowest BCUT2D eigenvalue weighted by Crippen LogP contribution is -2.33. The summed E-state index contributed by atoms with van der Waals surface area (Å²) in [6.07, 6.45) is -0.327. The van der Waals surface area contributed by atoms with Crippen LogP contribution in [0.3, 0.4) is 0 Å². The van der Waals surface area contributed by atoms with Gasteiger partial charge in [0.2, 0.25) is 5.84 Å². The molecule has 1 unspecified atom stereocenters. The fourth-order valence-electron chi connectivity index (χ4n) is 1.32. The minimum Gasteiger partial charge on any atom is -0.271 e. The van der Waals surface area contributed by atoms with Crippen molar-refractivity contribution in [3.8, 4) is 0 Å². The van der Waals surface area contributed by atoms with E-state index in [0.717, 1.165) is 0 Å². The summed E-state index contributed by atoms with van der Waals surface area (Å²) in [5.41, 5.74) is 0.0653. The minimum absolute atomic E-state index is 0.0653. The Morgan fingerprint density at radius 3 is 2.56 bits per heavy atom. The number of alkyl halides is 3. The second-order valence-corrected chi connectivity index (χ2v) is 4.09. The highest BCUT2D eigenvalue weighted by Crippen LogP contribution is 2.27. The van der Waals surface area contributed by atoms with Crippen LogP contribution < -0.4 is 0 Å². The number of aliphatic imine (C=N–C) groups is 2. The average Bonchev–Trinajstić information content (AvgIpc) is 2.17. The zero-order valence-corrected chi connectivity index (χ0v) is 9.21. The third-order valence-electron chi connectivity index (χ3n) is 2.03. The van der Waals surface area contributed by atoms with Crippen molar-refractivity contribution < 1.29 is 18.0 Å². The monoisotopic (exact) mass is 292 g/mol. The number of allylic oxidation sites excluding steroid dienone is 3. The van der Waals surface area contributed by atoms with E-state index in [1.54, 1.807) is 0 Å². The molecular weight excluding hydrogens is 289 g/mol. The number of hydrogen-bond donors (Lipinski definition) is 0. The van der Waals surface area contributed by atoms with Gasteiger partial charge in [-0.25, -0.2) is 4.99 Å². The summed E-state index contributed by atoms with van der Waals surface area (Å²) in [7, 11) is 0. The van der Waals surface area contributed by atoms with Gasteiger partial charge in [-0.1, -0.05) is 22.0 Å². The van der Waals surface area contributed by atoms with Gasteiger partial charge < -0.3 is 0 Å². The van der Waals surface area contributed by atoms with E-state index in [1.807, 2.05) is 0 Å². The van der Waals surface area contributed by atoms with Gasteiger partial charge in [0.05, 0.1) is 5.71 Å². The summed E-state index contributed by atoms with van der Waals surface area (Å²) in [6.45, 7) is 0. The van der Waals surface area contributed by atoms with Gasteiger partial charge in [0.15, 0.2) is 0 Å². The maximum absolute atomic E-state index is 12.3. The number of carbonyl (C=O) groups excluding carboxylic acids is 1. The molecule has 0 aromatic heterocycles. The molecule has 2 aliphatic rings. The van der Waals surface area contributed by atoms with Gasteiger partial charge in [0, 0.05) is 4.48 Å². The lowest BCUT2D eigenvalue weighted by Gasteiger charge is -2.19. The Kier molecular flexibility index (Phi) is 2.57. The number of fused-ring (bicyclic) bond motifs is 1. The molecule has 0 aromatic carbocycles. The predicted molar refractivity (Wildman–Crippen MR) is 55.6 cm³/mol. The van der Waals surface area contributed by atoms with E-state index < -0.39 is 23.8 Å². The van der Waals surface area contributed by atoms with Crippen molar-refractivity contribution in [2.24, 2.45) is 15.9 Å². The van der Waals surface area contributed by atoms with Crippen LogP contribution in [0.25, 0.3) is 0 Å². The number of hydrogen-bond acceptors (Lipinski definition) is 2. The molecule has 7 heteroatoms. The summed E-state index contributed by atoms with van der Waals surface area (Å²) in [5, 5.41) is 0. The Hall–Kier alpha value is -1.24. The molecular formula is C9H4BrF3N2O. The fraction of sp³-hybridized carbons (Fsp3) is 0.222. The Morgan fingerprint density at radius 1 is 1.25 bits per heavy atom. The molecule has 0 N–H and O–H groups in total. The number of amidine groups is 1. The van der Waals surface area contributed by atoms with E-state index in [4.69, 9.17) is 0 Å². The molecule has 0 spiro atoms. The summed E-state index contributed by atoms with van der Waals surface area (Å²) >= 11 is 3.13. The van der Waals surface area contributed by atoms with Gasteiger partial charge in [0.1, 0.15) is 5.92 Å². The van der Waals surface area contributed by atoms with Gasteiger partial charge in [-0.15, -0.1) is 0 Å². The molecule has 0 saturated carbocycles. The Balaban J connectivity index is 2.42. The molecule has 0 aromatic rings. The van der Waals surface area contributed by atoms with Gasteiger partial charge in [-0.3, -0.25) is 4.79 Å². The van der Waals surface area contributed by atoms with E-state index in [0.29, 0.717) is 4.48 Å². The quantitative estimate of drug-likeness (QED) is 0.676. The lowest BCUT2D eigenvalue weighted by molar-refractivity contribution is -0.119. The molecule has 0 fully saturated rings. The first kappa shape index (κ1) is 11.3. The molecule has 84 valence electrons. The van der Waals surface area contributed by atoms with Crippen molar-refractivity contribution in [1.82, 2.24) is 0 Å². The van der Waals surface area contributed by atoms with Crippen molar-refractivity contribution in [2.45, 2.75) is 6.18 Å². The molecule has 1 heterocycles. The Morgan fingerprint density at radius 2 is 1.94 bits per heavy atom. The molecule has 1 amide bonds. The summed E-state index contributed by atoms with van der Waals surface area (Å²) in [6, 6.07) is 0. The fourth-order valence-corrected chi connectivity index (χ4v) is 1.72. The van der Waals surface area contributed by atoms with Gasteiger partial charge >= 0.3 is 6.18 Å². The van der Waals surface area contributed by atoms with Crippen molar-refractivity contribution in [1.29, 1.82) is 0 Å². The van der Waals surface area contributed by atoms with Crippen LogP contribution in [0.15, 0.2) is 32.7 Å². The predicted octanol–water partition coefficient (Wildman–Crippen LogP) is 2.39. The summed E-state index contributed by atoms with van der Waals surface area (Å²) in [5.74, 6) is -3.05. The van der Waals surface area contributed by atoms with Crippen LogP contribution >= 0.6 is 15.9 Å². The number of halogens is 4. The summed E-state index contributed by atoms with van der Waals surface area (Å²) in [4.78, 5) is 17.6. The van der Waals surface area contributed by atoms with E-state index in [9.17, 15) is 18.0 Å². The van der Waals surface area contributed by atoms with Crippen LogP contribution in [-0.4, -0.2) is 23.6 Å². The molecule has 0 radical (unpaired) electrons. The number of rotatable bonds is 0.